The first-order valence-corrected chi connectivity index (χ1v) is 5.50. The van der Waals surface area contributed by atoms with Gasteiger partial charge in [0.05, 0.1) is 0 Å². The van der Waals surface area contributed by atoms with Crippen LogP contribution in [-0.2, 0) is 4.79 Å². The summed E-state index contributed by atoms with van der Waals surface area (Å²) in [5.74, 6) is -0.0565. The summed E-state index contributed by atoms with van der Waals surface area (Å²) in [6.45, 7) is 5.93. The van der Waals surface area contributed by atoms with Crippen LogP contribution in [0.15, 0.2) is 24.3 Å². The summed E-state index contributed by atoms with van der Waals surface area (Å²) >= 11 is 0. The molecule has 0 aliphatic heterocycles. The molecule has 4 nitrogen and oxygen atoms in total. The van der Waals surface area contributed by atoms with Gasteiger partial charge >= 0.3 is 0 Å². The highest BCUT2D eigenvalue weighted by atomic mass is 16.1. The Balaban J connectivity index is 2.83. The highest BCUT2D eigenvalue weighted by molar-refractivity contribution is 5.89. The molecular formula is C12H19N3O. The molecule has 88 valence electrons. The molecule has 1 rings (SSSR count). The molecule has 1 amide bonds. The van der Waals surface area contributed by atoms with E-state index in [9.17, 15) is 4.79 Å². The third-order valence-corrected chi connectivity index (χ3v) is 2.31. The number of amides is 1. The van der Waals surface area contributed by atoms with Gasteiger partial charge in [-0.15, -0.1) is 0 Å². The molecule has 1 aromatic rings. The Kier molecular flexibility index (Phi) is 4.79. The predicted octanol–water partition coefficient (Wildman–Crippen LogP) is 1.43. The van der Waals surface area contributed by atoms with E-state index in [0.29, 0.717) is 6.54 Å². The van der Waals surface area contributed by atoms with Crippen molar-refractivity contribution >= 4 is 17.3 Å². The fourth-order valence-corrected chi connectivity index (χ4v) is 1.61. The molecule has 3 N–H and O–H groups in total. The first-order chi connectivity index (χ1) is 7.67. The Morgan fingerprint density at radius 1 is 1.50 bits per heavy atom. The Morgan fingerprint density at radius 2 is 2.25 bits per heavy atom. The Morgan fingerprint density at radius 3 is 2.81 bits per heavy atom. The third-order valence-electron chi connectivity index (χ3n) is 2.31. The van der Waals surface area contributed by atoms with Crippen molar-refractivity contribution in [2.75, 3.05) is 29.9 Å². The van der Waals surface area contributed by atoms with Crippen LogP contribution < -0.4 is 16.0 Å². The van der Waals surface area contributed by atoms with E-state index in [1.54, 1.807) is 0 Å². The first-order valence-electron chi connectivity index (χ1n) is 5.50. The molecule has 0 aliphatic carbocycles. The zero-order chi connectivity index (χ0) is 12.0. The molecule has 4 heteroatoms. The van der Waals surface area contributed by atoms with Gasteiger partial charge in [0.15, 0.2) is 0 Å². The average molecular weight is 221 g/mol. The monoisotopic (exact) mass is 221 g/mol. The van der Waals surface area contributed by atoms with Crippen LogP contribution in [0.25, 0.3) is 0 Å². The van der Waals surface area contributed by atoms with Gasteiger partial charge in [-0.2, -0.15) is 0 Å². The zero-order valence-electron chi connectivity index (χ0n) is 9.86. The number of carbonyl (C=O) groups excluding carboxylic acids is 1. The fourth-order valence-electron chi connectivity index (χ4n) is 1.61. The number of nitrogens with two attached hydrogens (primary N) is 1. The number of carbonyl (C=O) groups is 1. The topological polar surface area (TPSA) is 58.4 Å². The van der Waals surface area contributed by atoms with Crippen LogP contribution in [0, 0.1) is 0 Å². The highest BCUT2D eigenvalue weighted by Crippen LogP contribution is 2.18. The van der Waals surface area contributed by atoms with Crippen molar-refractivity contribution in [1.29, 1.82) is 0 Å². The van der Waals surface area contributed by atoms with E-state index in [0.717, 1.165) is 24.5 Å². The Labute approximate surface area is 96.4 Å². The number of hydrogen-bond acceptors (Lipinski definition) is 3. The first kappa shape index (κ1) is 12.5. The zero-order valence-corrected chi connectivity index (χ0v) is 9.86. The second-order valence-corrected chi connectivity index (χ2v) is 3.60. The lowest BCUT2D eigenvalue weighted by molar-refractivity contribution is -0.114. The van der Waals surface area contributed by atoms with Crippen molar-refractivity contribution in [2.45, 2.75) is 13.8 Å². The third kappa shape index (κ3) is 3.55. The number of likely N-dealkylation sites (N-methyl/N-ethyl adjacent to an activating group) is 1. The maximum absolute atomic E-state index is 10.9. The minimum atomic E-state index is -0.0565. The van der Waals surface area contributed by atoms with Crippen LogP contribution >= 0.6 is 0 Å². The van der Waals surface area contributed by atoms with Gasteiger partial charge < -0.3 is 16.0 Å². The van der Waals surface area contributed by atoms with Gasteiger partial charge in [-0.25, -0.2) is 0 Å². The lowest BCUT2D eigenvalue weighted by Gasteiger charge is -2.22. The molecule has 16 heavy (non-hydrogen) atoms. The number of hydrogen-bond donors (Lipinski definition) is 2. The lowest BCUT2D eigenvalue weighted by atomic mass is 10.2. The summed E-state index contributed by atoms with van der Waals surface area (Å²) in [5, 5.41) is 2.77. The van der Waals surface area contributed by atoms with Crippen LogP contribution in [0.4, 0.5) is 11.4 Å². The quantitative estimate of drug-likeness (QED) is 0.790. The van der Waals surface area contributed by atoms with Gasteiger partial charge in [-0.3, -0.25) is 4.79 Å². The van der Waals surface area contributed by atoms with Crippen LogP contribution in [0.3, 0.4) is 0 Å². The molecule has 0 unspecified atom stereocenters. The number of nitrogens with one attached hydrogen (secondary N) is 1. The minimum Gasteiger partial charge on any atom is -0.370 e. The van der Waals surface area contributed by atoms with Crippen molar-refractivity contribution in [3.8, 4) is 0 Å². The normalized spacial score (nSPS) is 9.94. The van der Waals surface area contributed by atoms with Crippen molar-refractivity contribution in [1.82, 2.24) is 0 Å². The molecule has 0 fully saturated rings. The minimum absolute atomic E-state index is 0.0565. The largest absolute Gasteiger partial charge is 0.370 e. The summed E-state index contributed by atoms with van der Waals surface area (Å²) in [6, 6.07) is 7.78. The summed E-state index contributed by atoms with van der Waals surface area (Å²) in [7, 11) is 0. The maximum Gasteiger partial charge on any atom is 0.221 e. The molecule has 0 saturated carbocycles. The molecule has 0 saturated heterocycles. The van der Waals surface area contributed by atoms with E-state index in [2.05, 4.69) is 17.1 Å². The SMILES string of the molecule is CCN(CCN)c1cccc(NC(C)=O)c1. The van der Waals surface area contributed by atoms with E-state index >= 15 is 0 Å². The molecule has 0 bridgehead atoms. The van der Waals surface area contributed by atoms with Crippen LogP contribution in [0.1, 0.15) is 13.8 Å². The van der Waals surface area contributed by atoms with E-state index in [-0.39, 0.29) is 5.91 Å². The van der Waals surface area contributed by atoms with E-state index in [1.165, 1.54) is 6.92 Å². The van der Waals surface area contributed by atoms with Crippen molar-refractivity contribution in [3.05, 3.63) is 24.3 Å². The van der Waals surface area contributed by atoms with Crippen LogP contribution in [0.5, 0.6) is 0 Å². The van der Waals surface area contributed by atoms with Gasteiger partial charge in [0.2, 0.25) is 5.91 Å². The van der Waals surface area contributed by atoms with Crippen molar-refractivity contribution < 1.29 is 4.79 Å². The second kappa shape index (κ2) is 6.12. The van der Waals surface area contributed by atoms with Crippen LogP contribution in [0.2, 0.25) is 0 Å². The van der Waals surface area contributed by atoms with Gasteiger partial charge in [0.25, 0.3) is 0 Å². The van der Waals surface area contributed by atoms with Gasteiger partial charge in [0.1, 0.15) is 0 Å². The summed E-state index contributed by atoms with van der Waals surface area (Å²) < 4.78 is 0. The van der Waals surface area contributed by atoms with Crippen molar-refractivity contribution in [2.24, 2.45) is 5.73 Å². The molecule has 0 radical (unpaired) electrons. The number of anilines is 2. The average Bonchev–Trinajstić information content (AvgIpc) is 2.25. The van der Waals surface area contributed by atoms with Gasteiger partial charge in [0, 0.05) is 37.9 Å². The summed E-state index contributed by atoms with van der Waals surface area (Å²) in [5.41, 5.74) is 7.45. The molecule has 0 spiro atoms. The molecule has 0 atom stereocenters. The van der Waals surface area contributed by atoms with E-state index in [1.807, 2.05) is 24.3 Å². The Hall–Kier alpha value is -1.55. The molecule has 0 aromatic heterocycles. The lowest BCUT2D eigenvalue weighted by Crippen LogP contribution is -2.29. The second-order valence-electron chi connectivity index (χ2n) is 3.60. The standard InChI is InChI=1S/C12H19N3O/c1-3-15(8-7-13)12-6-4-5-11(9-12)14-10(2)16/h4-6,9H,3,7-8,13H2,1-2H3,(H,14,16). The molecule has 1 aromatic carbocycles. The van der Waals surface area contributed by atoms with Gasteiger partial charge in [-0.05, 0) is 25.1 Å². The van der Waals surface area contributed by atoms with Gasteiger partial charge in [-0.1, -0.05) is 6.07 Å². The summed E-state index contributed by atoms with van der Waals surface area (Å²) in [4.78, 5) is 13.1. The van der Waals surface area contributed by atoms with Crippen molar-refractivity contribution in [3.63, 3.8) is 0 Å². The molecule has 0 heterocycles. The fraction of sp³-hybridized carbons (Fsp3) is 0.417. The van der Waals surface area contributed by atoms with E-state index in [4.69, 9.17) is 5.73 Å². The number of benzene rings is 1. The molecule has 0 aliphatic rings. The Bertz CT molecular complexity index is 352. The summed E-state index contributed by atoms with van der Waals surface area (Å²) in [6.07, 6.45) is 0. The van der Waals surface area contributed by atoms with Crippen LogP contribution in [-0.4, -0.2) is 25.5 Å². The van der Waals surface area contributed by atoms with E-state index < -0.39 is 0 Å². The maximum atomic E-state index is 10.9. The number of nitrogens with zero attached hydrogens (tertiary/aromatic N) is 1. The smallest absolute Gasteiger partial charge is 0.221 e. The molecular weight excluding hydrogens is 202 g/mol. The highest BCUT2D eigenvalue weighted by Gasteiger charge is 2.04. The predicted molar refractivity (Wildman–Crippen MR) is 67.7 cm³/mol. The number of rotatable bonds is 5.